The summed E-state index contributed by atoms with van der Waals surface area (Å²) < 4.78 is 5.90. The summed E-state index contributed by atoms with van der Waals surface area (Å²) in [5.74, 6) is 0.571. The maximum atomic E-state index is 12.8. The predicted octanol–water partition coefficient (Wildman–Crippen LogP) is 4.14. The van der Waals surface area contributed by atoms with Crippen molar-refractivity contribution < 1.29 is 19.4 Å². The van der Waals surface area contributed by atoms with Crippen molar-refractivity contribution in [3.8, 4) is 11.5 Å². The van der Waals surface area contributed by atoms with Crippen LogP contribution in [0.25, 0.3) is 0 Å². The summed E-state index contributed by atoms with van der Waals surface area (Å²) in [4.78, 5) is 26.5. The van der Waals surface area contributed by atoms with Crippen molar-refractivity contribution in [2.45, 2.75) is 44.2 Å². The summed E-state index contributed by atoms with van der Waals surface area (Å²) in [5.41, 5.74) is 0.576. The molecule has 3 atom stereocenters. The summed E-state index contributed by atoms with van der Waals surface area (Å²) in [6.07, 6.45) is 4.91. The highest BCUT2D eigenvalue weighted by Crippen LogP contribution is 2.39. The average Bonchev–Trinajstić information content (AvgIpc) is 3.09. The lowest BCUT2D eigenvalue weighted by molar-refractivity contribution is -0.143. The number of hydrogen-bond donors (Lipinski definition) is 2. The van der Waals surface area contributed by atoms with E-state index in [1.807, 2.05) is 47.4 Å². The topological polar surface area (TPSA) is 78.9 Å². The Hall–Kier alpha value is -2.86. The number of carbonyl (C=O) groups excluding carboxylic acids is 1. The van der Waals surface area contributed by atoms with Gasteiger partial charge in [-0.25, -0.2) is 0 Å². The minimum absolute atomic E-state index is 0.0812. The molecule has 3 unspecified atom stereocenters. The average molecular weight is 394 g/mol. The molecular weight excluding hydrogens is 368 g/mol. The second-order valence-corrected chi connectivity index (χ2v) is 7.83. The van der Waals surface area contributed by atoms with Gasteiger partial charge in [-0.05, 0) is 49.4 Å². The molecule has 1 aliphatic heterocycles. The molecule has 152 valence electrons. The van der Waals surface area contributed by atoms with Gasteiger partial charge in [0.2, 0.25) is 5.91 Å². The molecule has 1 saturated heterocycles. The van der Waals surface area contributed by atoms with Gasteiger partial charge in [0.25, 0.3) is 0 Å². The number of amides is 1. The maximum Gasteiger partial charge on any atom is 0.320 e. The highest BCUT2D eigenvalue weighted by Gasteiger charge is 2.45. The van der Waals surface area contributed by atoms with E-state index in [0.29, 0.717) is 29.5 Å². The smallest absolute Gasteiger partial charge is 0.320 e. The number of carboxylic acid groups (broad SMARTS) is 1. The van der Waals surface area contributed by atoms with E-state index in [1.165, 1.54) is 0 Å². The fourth-order valence-corrected chi connectivity index (χ4v) is 4.65. The van der Waals surface area contributed by atoms with Crippen LogP contribution < -0.4 is 10.1 Å². The first kappa shape index (κ1) is 19.5. The third-order valence-electron chi connectivity index (χ3n) is 5.96. The van der Waals surface area contributed by atoms with Gasteiger partial charge in [-0.15, -0.1) is 0 Å². The second kappa shape index (κ2) is 8.66. The van der Waals surface area contributed by atoms with Crippen LogP contribution >= 0.6 is 0 Å². The van der Waals surface area contributed by atoms with Crippen LogP contribution in [0.15, 0.2) is 54.6 Å². The summed E-state index contributed by atoms with van der Waals surface area (Å²) in [6.45, 7) is 0.0812. The van der Waals surface area contributed by atoms with Crippen LogP contribution in [0.1, 0.15) is 32.1 Å². The van der Waals surface area contributed by atoms with Crippen molar-refractivity contribution in [1.29, 1.82) is 0 Å². The minimum Gasteiger partial charge on any atom is -0.480 e. The van der Waals surface area contributed by atoms with Crippen LogP contribution in [0.5, 0.6) is 11.5 Å². The van der Waals surface area contributed by atoms with Gasteiger partial charge in [-0.1, -0.05) is 43.2 Å². The Balaban J connectivity index is 1.46. The van der Waals surface area contributed by atoms with Gasteiger partial charge in [0.05, 0.1) is 12.2 Å². The number of benzene rings is 2. The molecule has 2 N–H and O–H groups in total. The van der Waals surface area contributed by atoms with Gasteiger partial charge in [0, 0.05) is 6.04 Å². The number of carbonyl (C=O) groups is 2. The number of ether oxygens (including phenoxy) is 1. The number of fused-ring (bicyclic) bond motifs is 1. The lowest BCUT2D eigenvalue weighted by Crippen LogP contribution is -2.46. The molecule has 2 aromatic carbocycles. The zero-order chi connectivity index (χ0) is 20.2. The molecule has 0 bridgehead atoms. The third-order valence-corrected chi connectivity index (χ3v) is 5.96. The van der Waals surface area contributed by atoms with E-state index in [-0.39, 0.29) is 18.5 Å². The highest BCUT2D eigenvalue weighted by molar-refractivity contribution is 5.94. The number of nitrogens with zero attached hydrogens (tertiary/aromatic N) is 1. The SMILES string of the molecule is O=C(CN1C(C(=O)O)CC2CCCCC21)Nc1ccccc1Oc1ccccc1. The Bertz CT molecular complexity index is 870. The number of carboxylic acids is 1. The van der Waals surface area contributed by atoms with E-state index >= 15 is 0 Å². The Morgan fingerprint density at radius 2 is 1.76 bits per heavy atom. The quantitative estimate of drug-likeness (QED) is 0.770. The number of para-hydroxylation sites is 3. The maximum absolute atomic E-state index is 12.8. The van der Waals surface area contributed by atoms with E-state index in [9.17, 15) is 14.7 Å². The minimum atomic E-state index is -0.833. The molecule has 29 heavy (non-hydrogen) atoms. The van der Waals surface area contributed by atoms with E-state index in [4.69, 9.17) is 4.74 Å². The first-order chi connectivity index (χ1) is 14.1. The summed E-state index contributed by atoms with van der Waals surface area (Å²) in [5, 5.41) is 12.6. The van der Waals surface area contributed by atoms with Crippen LogP contribution in [-0.4, -0.2) is 40.5 Å². The number of anilines is 1. The van der Waals surface area contributed by atoms with E-state index in [2.05, 4.69) is 5.32 Å². The third kappa shape index (κ3) is 4.43. The summed E-state index contributed by atoms with van der Waals surface area (Å²) in [6, 6.07) is 16.3. The highest BCUT2D eigenvalue weighted by atomic mass is 16.5. The van der Waals surface area contributed by atoms with Crippen molar-refractivity contribution in [2.24, 2.45) is 5.92 Å². The van der Waals surface area contributed by atoms with Crippen LogP contribution in [0.4, 0.5) is 5.69 Å². The number of likely N-dealkylation sites (tertiary alicyclic amines) is 1. The Morgan fingerprint density at radius 1 is 1.03 bits per heavy atom. The van der Waals surface area contributed by atoms with Gasteiger partial charge in [0.1, 0.15) is 11.8 Å². The molecule has 2 fully saturated rings. The van der Waals surface area contributed by atoms with Gasteiger partial charge in [0.15, 0.2) is 5.75 Å². The van der Waals surface area contributed by atoms with Crippen LogP contribution in [-0.2, 0) is 9.59 Å². The molecule has 2 aromatic rings. The lowest BCUT2D eigenvalue weighted by Gasteiger charge is -2.32. The van der Waals surface area contributed by atoms with E-state index in [0.717, 1.165) is 25.7 Å². The van der Waals surface area contributed by atoms with Crippen molar-refractivity contribution in [2.75, 3.05) is 11.9 Å². The standard InChI is InChI=1S/C23H26N2O4/c26-22(15-25-19-12-6-4-8-16(19)14-20(25)23(27)28)24-18-11-5-7-13-21(18)29-17-9-2-1-3-10-17/h1-3,5,7,9-11,13,16,19-20H,4,6,8,12,14-15H2,(H,24,26)(H,27,28). The van der Waals surface area contributed by atoms with Crippen molar-refractivity contribution in [3.63, 3.8) is 0 Å². The first-order valence-corrected chi connectivity index (χ1v) is 10.2. The molecule has 0 spiro atoms. The molecule has 1 saturated carbocycles. The Morgan fingerprint density at radius 3 is 2.55 bits per heavy atom. The first-order valence-electron chi connectivity index (χ1n) is 10.2. The van der Waals surface area contributed by atoms with Gasteiger partial charge < -0.3 is 15.2 Å². The molecule has 4 rings (SSSR count). The number of rotatable bonds is 6. The molecule has 6 nitrogen and oxygen atoms in total. The fourth-order valence-electron chi connectivity index (χ4n) is 4.65. The predicted molar refractivity (Wildman–Crippen MR) is 110 cm³/mol. The normalized spacial score (nSPS) is 23.9. The number of hydrogen-bond acceptors (Lipinski definition) is 4. The van der Waals surface area contributed by atoms with Gasteiger partial charge in [-0.3, -0.25) is 14.5 Å². The molecule has 2 aliphatic rings. The molecule has 0 radical (unpaired) electrons. The van der Waals surface area contributed by atoms with Gasteiger partial charge in [-0.2, -0.15) is 0 Å². The molecule has 0 aromatic heterocycles. The largest absolute Gasteiger partial charge is 0.480 e. The van der Waals surface area contributed by atoms with Crippen molar-refractivity contribution >= 4 is 17.6 Å². The fraction of sp³-hybridized carbons (Fsp3) is 0.391. The molecule has 1 heterocycles. The molecule has 6 heteroatoms. The molecule has 1 aliphatic carbocycles. The van der Waals surface area contributed by atoms with Gasteiger partial charge >= 0.3 is 5.97 Å². The summed E-state index contributed by atoms with van der Waals surface area (Å²) >= 11 is 0. The molecular formula is C23H26N2O4. The van der Waals surface area contributed by atoms with Crippen LogP contribution in [0.2, 0.25) is 0 Å². The van der Waals surface area contributed by atoms with Crippen molar-refractivity contribution in [3.05, 3.63) is 54.6 Å². The molecule has 1 amide bonds. The van der Waals surface area contributed by atoms with Crippen LogP contribution in [0, 0.1) is 5.92 Å². The number of nitrogens with one attached hydrogen (secondary N) is 1. The monoisotopic (exact) mass is 394 g/mol. The second-order valence-electron chi connectivity index (χ2n) is 7.83. The van der Waals surface area contributed by atoms with Crippen LogP contribution in [0.3, 0.4) is 0 Å². The lowest BCUT2D eigenvalue weighted by atomic mass is 9.85. The number of aliphatic carboxylic acids is 1. The Labute approximate surface area is 170 Å². The Kier molecular flexibility index (Phi) is 5.81. The van der Waals surface area contributed by atoms with E-state index in [1.54, 1.807) is 12.1 Å². The summed E-state index contributed by atoms with van der Waals surface area (Å²) in [7, 11) is 0. The van der Waals surface area contributed by atoms with Crippen molar-refractivity contribution in [1.82, 2.24) is 4.90 Å². The zero-order valence-electron chi connectivity index (χ0n) is 16.3. The van der Waals surface area contributed by atoms with E-state index < -0.39 is 12.0 Å². The zero-order valence-corrected chi connectivity index (χ0v) is 16.3.